The summed E-state index contributed by atoms with van der Waals surface area (Å²) in [6.07, 6.45) is 12.0. The summed E-state index contributed by atoms with van der Waals surface area (Å²) in [4.78, 5) is 0. The molecule has 1 aromatic carbocycles. The first kappa shape index (κ1) is 17.2. The zero-order valence-electron chi connectivity index (χ0n) is 13.3. The fourth-order valence-corrected chi connectivity index (χ4v) is 2.63. The van der Waals surface area contributed by atoms with E-state index in [2.05, 4.69) is 43.5 Å². The van der Waals surface area contributed by atoms with Crippen molar-refractivity contribution >= 4 is 0 Å². The second-order valence-corrected chi connectivity index (χ2v) is 5.89. The number of unbranched alkanes of at least 4 members (excludes halogenated alkanes) is 7. The van der Waals surface area contributed by atoms with Crippen LogP contribution < -0.4 is 11.3 Å². The molecule has 0 heterocycles. The lowest BCUT2D eigenvalue weighted by molar-refractivity contribution is 0.475. The molecule has 0 aliphatic carbocycles. The highest BCUT2D eigenvalue weighted by atomic mass is 15.2. The summed E-state index contributed by atoms with van der Waals surface area (Å²) < 4.78 is 0. The Morgan fingerprint density at radius 1 is 0.900 bits per heavy atom. The highest BCUT2D eigenvalue weighted by Gasteiger charge is 2.08. The van der Waals surface area contributed by atoms with Crippen molar-refractivity contribution in [2.24, 2.45) is 5.84 Å². The van der Waals surface area contributed by atoms with Crippen molar-refractivity contribution in [3.05, 3.63) is 35.4 Å². The number of hydrogen-bond acceptors (Lipinski definition) is 2. The summed E-state index contributed by atoms with van der Waals surface area (Å²) in [5.74, 6) is 5.69. The van der Waals surface area contributed by atoms with E-state index in [1.165, 1.54) is 62.5 Å². The first-order valence-corrected chi connectivity index (χ1v) is 8.30. The van der Waals surface area contributed by atoms with Gasteiger partial charge in [0.1, 0.15) is 0 Å². The first-order chi connectivity index (χ1) is 9.77. The maximum absolute atomic E-state index is 5.69. The molecule has 0 aliphatic heterocycles. The second-order valence-electron chi connectivity index (χ2n) is 5.89. The monoisotopic (exact) mass is 276 g/mol. The van der Waals surface area contributed by atoms with Gasteiger partial charge in [-0.25, -0.2) is 0 Å². The number of hydrazine groups is 1. The smallest absolute Gasteiger partial charge is 0.0460 e. The van der Waals surface area contributed by atoms with Crippen molar-refractivity contribution in [3.8, 4) is 0 Å². The molecule has 0 fully saturated rings. The van der Waals surface area contributed by atoms with E-state index in [0.29, 0.717) is 6.04 Å². The van der Waals surface area contributed by atoms with Crippen LogP contribution in [-0.2, 0) is 0 Å². The normalized spacial score (nSPS) is 12.6. The van der Waals surface area contributed by atoms with Crippen molar-refractivity contribution in [2.45, 2.75) is 77.7 Å². The van der Waals surface area contributed by atoms with Gasteiger partial charge in [-0.15, -0.1) is 0 Å². The minimum atomic E-state index is 0.302. The van der Waals surface area contributed by atoms with E-state index in [1.54, 1.807) is 0 Å². The Labute approximate surface area is 125 Å². The Hall–Kier alpha value is -0.860. The third-order valence-electron chi connectivity index (χ3n) is 4.03. The van der Waals surface area contributed by atoms with Gasteiger partial charge < -0.3 is 0 Å². The Bertz CT molecular complexity index is 332. The van der Waals surface area contributed by atoms with Gasteiger partial charge in [0.15, 0.2) is 0 Å². The molecule has 1 atom stereocenters. The van der Waals surface area contributed by atoms with Crippen LogP contribution in [0.25, 0.3) is 0 Å². The van der Waals surface area contributed by atoms with Gasteiger partial charge in [0.25, 0.3) is 0 Å². The van der Waals surface area contributed by atoms with E-state index in [1.807, 2.05) is 0 Å². The van der Waals surface area contributed by atoms with Gasteiger partial charge in [-0.2, -0.15) is 0 Å². The summed E-state index contributed by atoms with van der Waals surface area (Å²) in [6, 6.07) is 8.99. The lowest BCUT2D eigenvalue weighted by Crippen LogP contribution is -2.27. The number of aryl methyl sites for hydroxylation is 1. The van der Waals surface area contributed by atoms with Crippen molar-refractivity contribution < 1.29 is 0 Å². The summed E-state index contributed by atoms with van der Waals surface area (Å²) in [5, 5.41) is 0. The SMILES string of the molecule is CCCCCCCCCCC(NN)c1ccc(C)cc1. The molecule has 1 aromatic rings. The lowest BCUT2D eigenvalue weighted by atomic mass is 9.99. The molecule has 1 unspecified atom stereocenters. The molecule has 0 aliphatic rings. The molecular weight excluding hydrogens is 244 g/mol. The van der Waals surface area contributed by atoms with Crippen molar-refractivity contribution in [1.82, 2.24) is 5.43 Å². The Kier molecular flexibility index (Phi) is 9.35. The molecule has 114 valence electrons. The van der Waals surface area contributed by atoms with Crippen molar-refractivity contribution in [3.63, 3.8) is 0 Å². The third kappa shape index (κ3) is 7.06. The van der Waals surface area contributed by atoms with E-state index < -0.39 is 0 Å². The van der Waals surface area contributed by atoms with Crippen molar-refractivity contribution in [1.29, 1.82) is 0 Å². The minimum Gasteiger partial charge on any atom is -0.271 e. The van der Waals surface area contributed by atoms with Gasteiger partial charge in [-0.3, -0.25) is 11.3 Å². The highest BCUT2D eigenvalue weighted by Crippen LogP contribution is 2.20. The molecule has 0 spiro atoms. The maximum atomic E-state index is 5.69. The van der Waals surface area contributed by atoms with Gasteiger partial charge in [0, 0.05) is 6.04 Å². The summed E-state index contributed by atoms with van der Waals surface area (Å²) >= 11 is 0. The third-order valence-corrected chi connectivity index (χ3v) is 4.03. The van der Waals surface area contributed by atoms with E-state index in [4.69, 9.17) is 5.84 Å². The van der Waals surface area contributed by atoms with Crippen LogP contribution in [0.15, 0.2) is 24.3 Å². The molecule has 0 bridgehead atoms. The number of benzene rings is 1. The minimum absolute atomic E-state index is 0.302. The zero-order chi connectivity index (χ0) is 14.6. The molecule has 0 amide bonds. The first-order valence-electron chi connectivity index (χ1n) is 8.30. The Balaban J connectivity index is 2.14. The van der Waals surface area contributed by atoms with Crippen molar-refractivity contribution in [2.75, 3.05) is 0 Å². The number of rotatable bonds is 11. The highest BCUT2D eigenvalue weighted by molar-refractivity contribution is 5.23. The van der Waals surface area contributed by atoms with Gasteiger partial charge in [-0.1, -0.05) is 88.1 Å². The maximum Gasteiger partial charge on any atom is 0.0460 e. The fourth-order valence-electron chi connectivity index (χ4n) is 2.63. The topological polar surface area (TPSA) is 38.0 Å². The van der Waals surface area contributed by atoms with E-state index in [-0.39, 0.29) is 0 Å². The van der Waals surface area contributed by atoms with Crippen LogP contribution in [0.3, 0.4) is 0 Å². The lowest BCUT2D eigenvalue weighted by Gasteiger charge is -2.16. The van der Waals surface area contributed by atoms with Gasteiger partial charge in [0.05, 0.1) is 0 Å². The number of nitrogens with two attached hydrogens (primary N) is 1. The molecule has 2 heteroatoms. The Morgan fingerprint density at radius 2 is 1.45 bits per heavy atom. The van der Waals surface area contributed by atoms with E-state index in [9.17, 15) is 0 Å². The molecule has 0 saturated heterocycles. The quantitative estimate of drug-likeness (QED) is 0.338. The van der Waals surface area contributed by atoms with Crippen LogP contribution in [0.2, 0.25) is 0 Å². The van der Waals surface area contributed by atoms with Crippen LogP contribution in [0, 0.1) is 6.92 Å². The van der Waals surface area contributed by atoms with E-state index >= 15 is 0 Å². The molecular formula is C18H32N2. The predicted molar refractivity (Wildman–Crippen MR) is 88.5 cm³/mol. The summed E-state index contributed by atoms with van der Waals surface area (Å²) in [6.45, 7) is 4.39. The molecule has 20 heavy (non-hydrogen) atoms. The van der Waals surface area contributed by atoms with Crippen LogP contribution in [-0.4, -0.2) is 0 Å². The standard InChI is InChI=1S/C18H32N2/c1-3-4-5-6-7-8-9-10-11-18(20-19)17-14-12-16(2)13-15-17/h12-15,18,20H,3-11,19H2,1-2H3. The van der Waals surface area contributed by atoms with E-state index in [0.717, 1.165) is 6.42 Å². The molecule has 1 rings (SSSR count). The average molecular weight is 276 g/mol. The average Bonchev–Trinajstić information content (AvgIpc) is 2.47. The molecule has 0 aromatic heterocycles. The summed E-state index contributed by atoms with van der Waals surface area (Å²) in [7, 11) is 0. The number of nitrogens with one attached hydrogen (secondary N) is 1. The second kappa shape index (κ2) is 10.9. The molecule has 0 saturated carbocycles. The largest absolute Gasteiger partial charge is 0.271 e. The number of hydrogen-bond donors (Lipinski definition) is 2. The van der Waals surface area contributed by atoms with Crippen LogP contribution in [0.4, 0.5) is 0 Å². The van der Waals surface area contributed by atoms with Gasteiger partial charge in [-0.05, 0) is 18.9 Å². The fraction of sp³-hybridized carbons (Fsp3) is 0.667. The zero-order valence-corrected chi connectivity index (χ0v) is 13.3. The van der Waals surface area contributed by atoms with Crippen LogP contribution >= 0.6 is 0 Å². The van der Waals surface area contributed by atoms with Gasteiger partial charge >= 0.3 is 0 Å². The predicted octanol–water partition coefficient (Wildman–Crippen LogP) is 5.03. The summed E-state index contributed by atoms with van der Waals surface area (Å²) in [5.41, 5.74) is 5.57. The molecule has 2 nitrogen and oxygen atoms in total. The van der Waals surface area contributed by atoms with Crippen LogP contribution in [0.1, 0.15) is 81.9 Å². The Morgan fingerprint density at radius 3 is 2.00 bits per heavy atom. The van der Waals surface area contributed by atoms with Gasteiger partial charge in [0.2, 0.25) is 0 Å². The molecule has 0 radical (unpaired) electrons. The molecule has 3 N–H and O–H groups in total. The van der Waals surface area contributed by atoms with Crippen LogP contribution in [0.5, 0.6) is 0 Å².